The lowest BCUT2D eigenvalue weighted by molar-refractivity contribution is 0.0351. The van der Waals surface area contributed by atoms with E-state index in [0.29, 0.717) is 24.2 Å². The number of nitrogens with two attached hydrogens (primary N) is 1. The summed E-state index contributed by atoms with van der Waals surface area (Å²) in [7, 11) is 0. The number of aliphatic hydroxyl groups is 1. The first-order chi connectivity index (χ1) is 8.03. The van der Waals surface area contributed by atoms with Crippen molar-refractivity contribution < 1.29 is 10.3 Å². The number of para-hydroxylation sites is 1. The lowest BCUT2D eigenvalue weighted by Gasteiger charge is -2.37. The number of hydrogen-bond acceptors (Lipinski definition) is 5. The van der Waals surface area contributed by atoms with Gasteiger partial charge in [-0.2, -0.15) is 0 Å². The molecule has 1 aromatic rings. The lowest BCUT2D eigenvalue weighted by atomic mass is 9.93. The summed E-state index contributed by atoms with van der Waals surface area (Å²) in [5.74, 6) is 0. The molecule has 1 heterocycles. The molecular formula is C12H19N3O2. The molecule has 0 bridgehead atoms. The largest absolute Gasteiger partial charge is 0.397 e. The standard InChI is InChI=1S/C12H19N3O2/c1-12(16)5-7-15(8-6-12)10-4-2-3-9(13)11(10)14-17/h2-4,14,16-17H,5-8,13H2,1H3. The van der Waals surface area contributed by atoms with Crippen LogP contribution in [0.2, 0.25) is 0 Å². The van der Waals surface area contributed by atoms with E-state index < -0.39 is 5.60 Å². The monoisotopic (exact) mass is 237 g/mol. The Morgan fingerprint density at radius 1 is 1.35 bits per heavy atom. The van der Waals surface area contributed by atoms with Crippen LogP contribution in [0.4, 0.5) is 17.1 Å². The molecule has 5 heteroatoms. The molecule has 0 aromatic heterocycles. The number of hydrogen-bond donors (Lipinski definition) is 4. The van der Waals surface area contributed by atoms with Gasteiger partial charge in [-0.15, -0.1) is 0 Å². The number of nitrogens with one attached hydrogen (secondary N) is 1. The third kappa shape index (κ3) is 2.45. The van der Waals surface area contributed by atoms with Crippen molar-refractivity contribution in [2.24, 2.45) is 0 Å². The molecule has 0 amide bonds. The van der Waals surface area contributed by atoms with Gasteiger partial charge in [-0.25, -0.2) is 0 Å². The maximum Gasteiger partial charge on any atom is 0.106 e. The molecule has 17 heavy (non-hydrogen) atoms. The first kappa shape index (κ1) is 12.0. The molecule has 1 aliphatic rings. The predicted octanol–water partition coefficient (Wildman–Crippen LogP) is 1.42. The molecule has 2 rings (SSSR count). The molecule has 1 aromatic carbocycles. The van der Waals surface area contributed by atoms with E-state index in [2.05, 4.69) is 10.4 Å². The minimum Gasteiger partial charge on any atom is -0.397 e. The van der Waals surface area contributed by atoms with Crippen LogP contribution in [-0.4, -0.2) is 29.0 Å². The zero-order valence-corrected chi connectivity index (χ0v) is 9.98. The van der Waals surface area contributed by atoms with E-state index in [0.717, 1.165) is 18.8 Å². The second-order valence-electron chi connectivity index (χ2n) is 4.84. The van der Waals surface area contributed by atoms with Gasteiger partial charge < -0.3 is 15.7 Å². The van der Waals surface area contributed by atoms with E-state index in [-0.39, 0.29) is 0 Å². The van der Waals surface area contributed by atoms with Crippen molar-refractivity contribution in [1.29, 1.82) is 0 Å². The van der Waals surface area contributed by atoms with Crippen LogP contribution in [-0.2, 0) is 0 Å². The average Bonchev–Trinajstić information content (AvgIpc) is 2.29. The Bertz CT molecular complexity index is 397. The van der Waals surface area contributed by atoms with Crippen LogP contribution in [0.3, 0.4) is 0 Å². The van der Waals surface area contributed by atoms with E-state index in [1.165, 1.54) is 0 Å². The molecule has 0 aliphatic carbocycles. The van der Waals surface area contributed by atoms with E-state index >= 15 is 0 Å². The molecule has 1 saturated heterocycles. The summed E-state index contributed by atoms with van der Waals surface area (Å²) in [5.41, 5.74) is 9.30. The highest BCUT2D eigenvalue weighted by molar-refractivity contribution is 5.81. The van der Waals surface area contributed by atoms with E-state index in [1.807, 2.05) is 19.1 Å². The van der Waals surface area contributed by atoms with Gasteiger partial charge in [0, 0.05) is 13.1 Å². The lowest BCUT2D eigenvalue weighted by Crippen LogP contribution is -2.42. The Balaban J connectivity index is 2.21. The minimum atomic E-state index is -0.580. The van der Waals surface area contributed by atoms with Crippen LogP contribution in [0.25, 0.3) is 0 Å². The fraction of sp³-hybridized carbons (Fsp3) is 0.500. The van der Waals surface area contributed by atoms with Gasteiger partial charge in [0.15, 0.2) is 0 Å². The molecule has 0 radical (unpaired) electrons. The summed E-state index contributed by atoms with van der Waals surface area (Å²) in [4.78, 5) is 2.12. The van der Waals surface area contributed by atoms with Gasteiger partial charge in [-0.05, 0) is 31.9 Å². The second-order valence-corrected chi connectivity index (χ2v) is 4.84. The van der Waals surface area contributed by atoms with Crippen LogP contribution in [0.5, 0.6) is 0 Å². The topological polar surface area (TPSA) is 81.8 Å². The van der Waals surface area contributed by atoms with Crippen LogP contribution in [0, 0.1) is 0 Å². The summed E-state index contributed by atoms with van der Waals surface area (Å²) in [6.45, 7) is 3.37. The van der Waals surface area contributed by atoms with Gasteiger partial charge in [0.25, 0.3) is 0 Å². The highest BCUT2D eigenvalue weighted by Gasteiger charge is 2.28. The highest BCUT2D eigenvalue weighted by Crippen LogP contribution is 2.34. The summed E-state index contributed by atoms with van der Waals surface area (Å²) in [6.07, 6.45) is 1.43. The molecule has 94 valence electrons. The molecule has 5 nitrogen and oxygen atoms in total. The normalized spacial score (nSPS) is 19.1. The molecule has 0 spiro atoms. The summed E-state index contributed by atoms with van der Waals surface area (Å²) in [5, 5.41) is 19.0. The van der Waals surface area contributed by atoms with Gasteiger partial charge in [-0.1, -0.05) is 6.07 Å². The number of piperidine rings is 1. The SMILES string of the molecule is CC1(O)CCN(c2cccc(N)c2NO)CC1. The molecule has 0 saturated carbocycles. The number of rotatable bonds is 2. The number of nitrogen functional groups attached to an aromatic ring is 1. The summed E-state index contributed by atoms with van der Waals surface area (Å²) >= 11 is 0. The fourth-order valence-corrected chi connectivity index (χ4v) is 2.17. The van der Waals surface area contributed by atoms with E-state index in [9.17, 15) is 5.11 Å². The third-order valence-electron chi connectivity index (χ3n) is 3.37. The molecule has 1 aliphatic heterocycles. The Labute approximate surface area is 101 Å². The van der Waals surface area contributed by atoms with Gasteiger partial charge in [-0.3, -0.25) is 10.7 Å². The molecule has 0 unspecified atom stereocenters. The van der Waals surface area contributed by atoms with Gasteiger partial charge in [0.05, 0.1) is 17.0 Å². The summed E-state index contributed by atoms with van der Waals surface area (Å²) < 4.78 is 0. The number of benzene rings is 1. The Morgan fingerprint density at radius 3 is 2.59 bits per heavy atom. The van der Waals surface area contributed by atoms with Crippen molar-refractivity contribution in [2.75, 3.05) is 29.2 Å². The van der Waals surface area contributed by atoms with Crippen LogP contribution >= 0.6 is 0 Å². The Morgan fingerprint density at radius 2 is 2.00 bits per heavy atom. The number of nitrogens with zero attached hydrogens (tertiary/aromatic N) is 1. The van der Waals surface area contributed by atoms with Gasteiger partial charge in [0.1, 0.15) is 5.69 Å². The predicted molar refractivity (Wildman–Crippen MR) is 68.3 cm³/mol. The first-order valence-electron chi connectivity index (χ1n) is 5.79. The van der Waals surface area contributed by atoms with Crippen LogP contribution < -0.4 is 16.1 Å². The smallest absolute Gasteiger partial charge is 0.106 e. The van der Waals surface area contributed by atoms with Crippen molar-refractivity contribution in [3.63, 3.8) is 0 Å². The van der Waals surface area contributed by atoms with Crippen molar-refractivity contribution in [3.05, 3.63) is 18.2 Å². The van der Waals surface area contributed by atoms with Crippen LogP contribution in [0.15, 0.2) is 18.2 Å². The van der Waals surface area contributed by atoms with E-state index in [1.54, 1.807) is 6.07 Å². The Kier molecular flexibility index (Phi) is 3.13. The first-order valence-corrected chi connectivity index (χ1v) is 5.79. The minimum absolute atomic E-state index is 0.516. The molecule has 5 N–H and O–H groups in total. The van der Waals surface area contributed by atoms with Crippen molar-refractivity contribution >= 4 is 17.1 Å². The van der Waals surface area contributed by atoms with Crippen molar-refractivity contribution in [3.8, 4) is 0 Å². The average molecular weight is 237 g/mol. The highest BCUT2D eigenvalue weighted by atomic mass is 16.5. The van der Waals surface area contributed by atoms with Crippen molar-refractivity contribution in [2.45, 2.75) is 25.4 Å². The number of anilines is 3. The molecular weight excluding hydrogens is 218 g/mol. The van der Waals surface area contributed by atoms with Crippen molar-refractivity contribution in [1.82, 2.24) is 0 Å². The third-order valence-corrected chi connectivity index (χ3v) is 3.37. The molecule has 1 fully saturated rings. The van der Waals surface area contributed by atoms with Crippen LogP contribution in [0.1, 0.15) is 19.8 Å². The maximum absolute atomic E-state index is 9.90. The second kappa shape index (κ2) is 4.43. The van der Waals surface area contributed by atoms with Gasteiger partial charge in [0.2, 0.25) is 0 Å². The zero-order valence-electron chi connectivity index (χ0n) is 9.98. The Hall–Kier alpha value is -1.46. The van der Waals surface area contributed by atoms with E-state index in [4.69, 9.17) is 10.9 Å². The maximum atomic E-state index is 9.90. The molecule has 0 atom stereocenters. The van der Waals surface area contributed by atoms with Gasteiger partial charge >= 0.3 is 0 Å². The fourth-order valence-electron chi connectivity index (χ4n) is 2.17. The zero-order chi connectivity index (χ0) is 12.5. The summed E-state index contributed by atoms with van der Waals surface area (Å²) in [6, 6.07) is 5.51. The quantitative estimate of drug-likeness (QED) is 0.462.